The second-order valence-corrected chi connectivity index (χ2v) is 12.9. The fourth-order valence-electron chi connectivity index (χ4n) is 5.46. The number of fused-ring (bicyclic) bond motifs is 2. The summed E-state index contributed by atoms with van der Waals surface area (Å²) in [6.45, 7) is 9.38. The van der Waals surface area contributed by atoms with Gasteiger partial charge in [0.2, 0.25) is 0 Å². The zero-order chi connectivity index (χ0) is 25.1. The van der Waals surface area contributed by atoms with Gasteiger partial charge in [-0.3, -0.25) is 0 Å². The molecule has 0 bridgehead atoms. The Morgan fingerprint density at radius 3 is 2.63 bits per heavy atom. The van der Waals surface area contributed by atoms with Crippen molar-refractivity contribution in [2.75, 3.05) is 25.6 Å². The first-order valence-corrected chi connectivity index (χ1v) is 14.4. The summed E-state index contributed by atoms with van der Waals surface area (Å²) in [5.41, 5.74) is 9.46. The van der Waals surface area contributed by atoms with Crippen LogP contribution in [0.5, 0.6) is 0 Å². The number of sulfone groups is 1. The summed E-state index contributed by atoms with van der Waals surface area (Å²) in [4.78, 5) is 10.3. The molecule has 1 fully saturated rings. The van der Waals surface area contributed by atoms with E-state index in [0.717, 1.165) is 40.8 Å². The van der Waals surface area contributed by atoms with Gasteiger partial charge in [0.15, 0.2) is 5.65 Å². The van der Waals surface area contributed by atoms with Crippen LogP contribution < -0.4 is 0 Å². The minimum atomic E-state index is -2.93. The molecule has 7 nitrogen and oxygen atoms in total. The van der Waals surface area contributed by atoms with Crippen LogP contribution in [0.2, 0.25) is 0 Å². The van der Waals surface area contributed by atoms with Crippen molar-refractivity contribution in [1.29, 1.82) is 0 Å². The number of aryl methyl sites for hydroxylation is 1. The monoisotopic (exact) mass is 493 g/mol. The molecule has 3 heterocycles. The van der Waals surface area contributed by atoms with Crippen LogP contribution in [-0.2, 0) is 9.84 Å². The van der Waals surface area contributed by atoms with E-state index in [4.69, 9.17) is 0 Å². The molecule has 0 radical (unpaired) electrons. The van der Waals surface area contributed by atoms with Gasteiger partial charge < -0.3 is 9.88 Å². The average molecular weight is 494 g/mol. The zero-order valence-corrected chi connectivity index (χ0v) is 22.3. The molecular weight excluding hydrogens is 458 g/mol. The number of hydrogen-bond acceptors (Lipinski definition) is 5. The van der Waals surface area contributed by atoms with Crippen LogP contribution in [0.1, 0.15) is 60.8 Å². The van der Waals surface area contributed by atoms with Gasteiger partial charge in [-0.25, -0.2) is 17.9 Å². The Labute approximate surface area is 207 Å². The third kappa shape index (κ3) is 4.38. The van der Waals surface area contributed by atoms with E-state index >= 15 is 0 Å². The van der Waals surface area contributed by atoms with Crippen LogP contribution >= 0.6 is 0 Å². The summed E-state index contributed by atoms with van der Waals surface area (Å²) in [5.74, 6) is 1.09. The van der Waals surface area contributed by atoms with Crippen molar-refractivity contribution in [3.8, 4) is 11.3 Å². The molecule has 8 heteroatoms. The average Bonchev–Trinajstić information content (AvgIpc) is 3.37. The number of nitrogens with zero attached hydrogens (tertiary/aromatic N) is 4. The highest BCUT2D eigenvalue weighted by atomic mass is 32.2. The molecule has 35 heavy (non-hydrogen) atoms. The normalized spacial score (nSPS) is 18.7. The first kappa shape index (κ1) is 24.0. The fourth-order valence-corrected chi connectivity index (χ4v) is 6.08. The largest absolute Gasteiger partial charge is 0.354 e. The summed E-state index contributed by atoms with van der Waals surface area (Å²) >= 11 is 0. The molecule has 4 aromatic rings. The summed E-state index contributed by atoms with van der Waals surface area (Å²) in [5, 5.41) is 5.68. The van der Waals surface area contributed by atoms with E-state index < -0.39 is 9.84 Å². The number of pyridine rings is 1. The van der Waals surface area contributed by atoms with Crippen molar-refractivity contribution in [2.24, 2.45) is 0 Å². The van der Waals surface area contributed by atoms with Gasteiger partial charge in [-0.15, -0.1) is 0 Å². The van der Waals surface area contributed by atoms with E-state index in [9.17, 15) is 8.42 Å². The second kappa shape index (κ2) is 8.75. The molecule has 5 rings (SSSR count). The zero-order valence-electron chi connectivity index (χ0n) is 21.5. The lowest BCUT2D eigenvalue weighted by atomic mass is 9.75. The predicted molar refractivity (Wildman–Crippen MR) is 142 cm³/mol. The van der Waals surface area contributed by atoms with Crippen molar-refractivity contribution in [2.45, 2.75) is 58.4 Å². The van der Waals surface area contributed by atoms with E-state index in [2.05, 4.69) is 72.1 Å². The molecule has 1 saturated carbocycles. The van der Waals surface area contributed by atoms with Gasteiger partial charge in [-0.1, -0.05) is 19.9 Å². The Hall–Kier alpha value is -2.71. The number of benzene rings is 1. The summed E-state index contributed by atoms with van der Waals surface area (Å²) < 4.78 is 24.9. The van der Waals surface area contributed by atoms with Gasteiger partial charge in [-0.2, -0.15) is 5.10 Å². The van der Waals surface area contributed by atoms with E-state index in [1.165, 1.54) is 28.3 Å². The molecule has 0 aliphatic heterocycles. The molecule has 0 amide bonds. The maximum atomic E-state index is 11.5. The molecule has 1 N–H and O–H groups in total. The number of aromatic nitrogens is 4. The molecule has 1 aromatic carbocycles. The third-order valence-electron chi connectivity index (χ3n) is 7.86. The number of nitrogens with one attached hydrogen (secondary N) is 1. The first-order valence-electron chi connectivity index (χ1n) is 12.4. The Kier molecular flexibility index (Phi) is 6.00. The number of aromatic amines is 1. The highest BCUT2D eigenvalue weighted by Crippen LogP contribution is 2.43. The molecule has 0 atom stereocenters. The lowest BCUT2D eigenvalue weighted by Crippen LogP contribution is -2.43. The van der Waals surface area contributed by atoms with Gasteiger partial charge in [0.25, 0.3) is 0 Å². The van der Waals surface area contributed by atoms with Crippen molar-refractivity contribution < 1.29 is 8.42 Å². The summed E-state index contributed by atoms with van der Waals surface area (Å²) in [6.07, 6.45) is 7.15. The Morgan fingerprint density at radius 1 is 1.20 bits per heavy atom. The lowest BCUT2D eigenvalue weighted by Gasteiger charge is -2.41. The summed E-state index contributed by atoms with van der Waals surface area (Å²) in [7, 11) is -0.887. The van der Waals surface area contributed by atoms with E-state index in [-0.39, 0.29) is 5.75 Å². The number of H-pyrrole nitrogens is 1. The maximum absolute atomic E-state index is 11.5. The molecule has 0 saturated heterocycles. The van der Waals surface area contributed by atoms with Crippen molar-refractivity contribution >= 4 is 26.4 Å². The minimum Gasteiger partial charge on any atom is -0.354 e. The fraction of sp³-hybridized carbons (Fsp3) is 0.481. The minimum absolute atomic E-state index is 0.222. The molecule has 3 aromatic heterocycles. The predicted octanol–water partition coefficient (Wildman–Crippen LogP) is 4.84. The summed E-state index contributed by atoms with van der Waals surface area (Å²) in [6, 6.07) is 7.29. The van der Waals surface area contributed by atoms with Crippen LogP contribution in [0.25, 0.3) is 27.8 Å². The topological polar surface area (TPSA) is 83.4 Å². The van der Waals surface area contributed by atoms with Gasteiger partial charge in [-0.05, 0) is 80.0 Å². The van der Waals surface area contributed by atoms with Crippen LogP contribution in [0, 0.1) is 13.8 Å². The van der Waals surface area contributed by atoms with Crippen LogP contribution in [0.4, 0.5) is 0 Å². The Morgan fingerprint density at radius 2 is 1.94 bits per heavy atom. The van der Waals surface area contributed by atoms with E-state index in [0.29, 0.717) is 24.4 Å². The number of rotatable bonds is 7. The molecule has 1 aliphatic carbocycles. The standard InChI is InChI=1S/C27H35N5O2S/c1-16(2)25-22-13-19(20-11-21(12-20)31(5)9-10-35(6,33)34)7-8-24(22)30-26(25)23-14-32-27(28-15-29-32)18(4)17(23)3/h7-8,13-16,20-21,30H,9-12H2,1-6H3. The Balaban J connectivity index is 1.46. The van der Waals surface area contributed by atoms with Crippen LogP contribution in [-0.4, -0.2) is 64.5 Å². The van der Waals surface area contributed by atoms with Crippen LogP contribution in [0.15, 0.2) is 30.7 Å². The molecule has 0 unspecified atom stereocenters. The van der Waals surface area contributed by atoms with Gasteiger partial charge in [0.1, 0.15) is 16.2 Å². The van der Waals surface area contributed by atoms with Crippen LogP contribution in [0.3, 0.4) is 0 Å². The van der Waals surface area contributed by atoms with E-state index in [1.807, 2.05) is 11.6 Å². The van der Waals surface area contributed by atoms with Crippen molar-refractivity contribution in [1.82, 2.24) is 24.5 Å². The highest BCUT2D eigenvalue weighted by molar-refractivity contribution is 7.90. The first-order chi connectivity index (χ1) is 16.5. The molecule has 0 spiro atoms. The molecule has 1 aliphatic rings. The second-order valence-electron chi connectivity index (χ2n) is 10.6. The molecular formula is C27H35N5O2S. The molecule has 186 valence electrons. The van der Waals surface area contributed by atoms with Gasteiger partial charge >= 0.3 is 0 Å². The van der Waals surface area contributed by atoms with Gasteiger partial charge in [0.05, 0.1) is 11.4 Å². The third-order valence-corrected chi connectivity index (χ3v) is 8.78. The maximum Gasteiger partial charge on any atom is 0.158 e. The smallest absolute Gasteiger partial charge is 0.158 e. The van der Waals surface area contributed by atoms with Crippen molar-refractivity contribution in [3.63, 3.8) is 0 Å². The lowest BCUT2D eigenvalue weighted by molar-refractivity contribution is 0.144. The SMILES string of the molecule is Cc1c(-c2[nH]c3ccc(C4CC(N(C)CCS(C)(=O)=O)C4)cc3c2C(C)C)cn2ncnc2c1C. The Bertz CT molecular complexity index is 1510. The van der Waals surface area contributed by atoms with E-state index in [1.54, 1.807) is 6.33 Å². The quantitative estimate of drug-likeness (QED) is 0.398. The van der Waals surface area contributed by atoms with Crippen molar-refractivity contribution in [3.05, 3.63) is 53.0 Å². The highest BCUT2D eigenvalue weighted by Gasteiger charge is 2.33. The number of hydrogen-bond donors (Lipinski definition) is 1. The van der Waals surface area contributed by atoms with Gasteiger partial charge in [0, 0.05) is 41.5 Å².